The van der Waals surface area contributed by atoms with Crippen LogP contribution in [0.5, 0.6) is 0 Å². The molecule has 0 bridgehead atoms. The molecule has 1 aliphatic heterocycles. The van der Waals surface area contributed by atoms with E-state index in [0.29, 0.717) is 0 Å². The molecule has 1 saturated heterocycles. The Hall–Kier alpha value is -0.860. The Kier molecular flexibility index (Phi) is 3.17. The molecule has 0 saturated carbocycles. The molecule has 1 fully saturated rings. The summed E-state index contributed by atoms with van der Waals surface area (Å²) in [5.74, 6) is 0. The zero-order chi connectivity index (χ0) is 11.7. The third-order valence-corrected chi connectivity index (χ3v) is 4.19. The molecule has 0 radical (unpaired) electrons. The summed E-state index contributed by atoms with van der Waals surface area (Å²) >= 11 is 0. The van der Waals surface area contributed by atoms with Gasteiger partial charge in [0.15, 0.2) is 0 Å². The molecule has 0 amide bonds. The first-order chi connectivity index (χ1) is 8.34. The van der Waals surface area contributed by atoms with Gasteiger partial charge in [-0.05, 0) is 61.8 Å². The Morgan fingerprint density at radius 3 is 2.71 bits per heavy atom. The van der Waals surface area contributed by atoms with Crippen LogP contribution in [-0.2, 0) is 12.8 Å². The van der Waals surface area contributed by atoms with Crippen molar-refractivity contribution in [2.45, 2.75) is 50.7 Å². The van der Waals surface area contributed by atoms with Gasteiger partial charge in [0.25, 0.3) is 0 Å². The number of hydrogen-bond acceptors (Lipinski definition) is 2. The maximum atomic E-state index is 10.4. The van der Waals surface area contributed by atoms with Crippen molar-refractivity contribution in [2.75, 3.05) is 6.54 Å². The average molecular weight is 231 g/mol. The van der Waals surface area contributed by atoms with Gasteiger partial charge < -0.3 is 10.4 Å². The monoisotopic (exact) mass is 231 g/mol. The highest BCUT2D eigenvalue weighted by Crippen LogP contribution is 2.28. The van der Waals surface area contributed by atoms with Gasteiger partial charge in [0.05, 0.1) is 6.10 Å². The van der Waals surface area contributed by atoms with Crippen LogP contribution >= 0.6 is 0 Å². The predicted molar refractivity (Wildman–Crippen MR) is 69.1 cm³/mol. The van der Waals surface area contributed by atoms with Gasteiger partial charge in [0, 0.05) is 6.04 Å². The van der Waals surface area contributed by atoms with E-state index in [9.17, 15) is 5.11 Å². The van der Waals surface area contributed by atoms with Crippen molar-refractivity contribution in [3.05, 3.63) is 34.9 Å². The zero-order valence-corrected chi connectivity index (χ0v) is 10.3. The molecule has 2 N–H and O–H groups in total. The summed E-state index contributed by atoms with van der Waals surface area (Å²) in [6, 6.07) is 6.84. The molecule has 17 heavy (non-hydrogen) atoms. The van der Waals surface area contributed by atoms with E-state index < -0.39 is 0 Å². The average Bonchev–Trinajstić information content (AvgIpc) is 2.91. The van der Waals surface area contributed by atoms with Crippen LogP contribution in [0.4, 0.5) is 0 Å². The second-order valence-corrected chi connectivity index (χ2v) is 5.38. The fourth-order valence-electron chi connectivity index (χ4n) is 3.15. The Morgan fingerprint density at radius 2 is 1.94 bits per heavy atom. The van der Waals surface area contributed by atoms with Gasteiger partial charge >= 0.3 is 0 Å². The molecular weight excluding hydrogens is 210 g/mol. The fraction of sp³-hybridized carbons (Fsp3) is 0.600. The van der Waals surface area contributed by atoms with Gasteiger partial charge in [-0.1, -0.05) is 18.2 Å². The summed E-state index contributed by atoms with van der Waals surface area (Å²) in [5.41, 5.74) is 4.06. The second kappa shape index (κ2) is 4.79. The van der Waals surface area contributed by atoms with Gasteiger partial charge in [-0.25, -0.2) is 0 Å². The Morgan fingerprint density at radius 1 is 1.12 bits per heavy atom. The number of hydrogen-bond donors (Lipinski definition) is 2. The largest absolute Gasteiger partial charge is 0.387 e. The molecule has 0 aromatic heterocycles. The van der Waals surface area contributed by atoms with Gasteiger partial charge in [-0.3, -0.25) is 0 Å². The standard InChI is InChI=1S/C15H21NO/c17-15(14-6-3-9-16-14)13-8-7-11-4-1-2-5-12(11)10-13/h7-8,10,14-17H,1-6,9H2. The van der Waals surface area contributed by atoms with Crippen molar-refractivity contribution in [1.29, 1.82) is 0 Å². The van der Waals surface area contributed by atoms with Crippen molar-refractivity contribution >= 4 is 0 Å². The minimum Gasteiger partial charge on any atom is -0.387 e. The van der Waals surface area contributed by atoms with Crippen molar-refractivity contribution in [3.63, 3.8) is 0 Å². The molecule has 1 aromatic rings. The quantitative estimate of drug-likeness (QED) is 0.819. The number of benzene rings is 1. The number of fused-ring (bicyclic) bond motifs is 1. The minimum atomic E-state index is -0.329. The van der Waals surface area contributed by atoms with E-state index in [4.69, 9.17) is 0 Å². The van der Waals surface area contributed by atoms with Crippen molar-refractivity contribution in [2.24, 2.45) is 0 Å². The van der Waals surface area contributed by atoms with Crippen molar-refractivity contribution in [1.82, 2.24) is 5.32 Å². The lowest BCUT2D eigenvalue weighted by Gasteiger charge is -2.22. The Balaban J connectivity index is 1.82. The molecule has 3 rings (SSSR count). The molecule has 2 heteroatoms. The molecule has 2 unspecified atom stereocenters. The molecule has 1 aliphatic carbocycles. The molecule has 2 nitrogen and oxygen atoms in total. The van der Waals surface area contributed by atoms with E-state index in [1.807, 2.05) is 0 Å². The van der Waals surface area contributed by atoms with Crippen molar-refractivity contribution < 1.29 is 5.11 Å². The Labute approximate surface area is 103 Å². The lowest BCUT2D eigenvalue weighted by molar-refractivity contribution is 0.137. The summed E-state index contributed by atoms with van der Waals surface area (Å²) < 4.78 is 0. The molecule has 2 aliphatic rings. The number of aliphatic hydroxyl groups excluding tert-OH is 1. The lowest BCUT2D eigenvalue weighted by atomic mass is 9.88. The Bertz CT molecular complexity index is 396. The summed E-state index contributed by atoms with van der Waals surface area (Å²) in [7, 11) is 0. The van der Waals surface area contributed by atoms with E-state index in [2.05, 4.69) is 23.5 Å². The van der Waals surface area contributed by atoms with Crippen LogP contribution in [0.1, 0.15) is 48.5 Å². The van der Waals surface area contributed by atoms with Crippen LogP contribution in [-0.4, -0.2) is 17.7 Å². The van der Waals surface area contributed by atoms with Crippen LogP contribution in [0.3, 0.4) is 0 Å². The highest BCUT2D eigenvalue weighted by molar-refractivity contribution is 5.35. The lowest BCUT2D eigenvalue weighted by Crippen LogP contribution is -2.28. The van der Waals surface area contributed by atoms with Gasteiger partial charge in [0.2, 0.25) is 0 Å². The highest BCUT2D eigenvalue weighted by atomic mass is 16.3. The normalized spacial score (nSPS) is 25.6. The number of rotatable bonds is 2. The van der Waals surface area contributed by atoms with Crippen LogP contribution in [0, 0.1) is 0 Å². The van der Waals surface area contributed by atoms with E-state index in [1.165, 1.54) is 43.2 Å². The van der Waals surface area contributed by atoms with Crippen LogP contribution in [0.2, 0.25) is 0 Å². The minimum absolute atomic E-state index is 0.261. The first kappa shape index (κ1) is 11.2. The molecule has 0 spiro atoms. The summed E-state index contributed by atoms with van der Waals surface area (Å²) in [4.78, 5) is 0. The third-order valence-electron chi connectivity index (χ3n) is 4.19. The molecule has 2 atom stereocenters. The van der Waals surface area contributed by atoms with E-state index in [-0.39, 0.29) is 12.1 Å². The summed E-state index contributed by atoms with van der Waals surface area (Å²) in [6.07, 6.45) is 6.98. The van der Waals surface area contributed by atoms with Crippen LogP contribution in [0.15, 0.2) is 18.2 Å². The van der Waals surface area contributed by atoms with Gasteiger partial charge in [-0.15, -0.1) is 0 Å². The van der Waals surface area contributed by atoms with Gasteiger partial charge in [-0.2, -0.15) is 0 Å². The summed E-state index contributed by atoms with van der Waals surface area (Å²) in [6.45, 7) is 1.05. The van der Waals surface area contributed by atoms with E-state index in [0.717, 1.165) is 18.5 Å². The maximum absolute atomic E-state index is 10.4. The van der Waals surface area contributed by atoms with E-state index >= 15 is 0 Å². The van der Waals surface area contributed by atoms with Crippen LogP contribution < -0.4 is 5.32 Å². The smallest absolute Gasteiger partial charge is 0.0943 e. The summed E-state index contributed by atoms with van der Waals surface area (Å²) in [5, 5.41) is 13.7. The highest BCUT2D eigenvalue weighted by Gasteiger charge is 2.24. The predicted octanol–water partition coefficient (Wildman–Crippen LogP) is 2.35. The zero-order valence-electron chi connectivity index (χ0n) is 10.3. The third kappa shape index (κ3) is 2.24. The molecular formula is C15H21NO. The number of aryl methyl sites for hydroxylation is 2. The van der Waals surface area contributed by atoms with Crippen LogP contribution in [0.25, 0.3) is 0 Å². The second-order valence-electron chi connectivity index (χ2n) is 5.38. The number of nitrogens with one attached hydrogen (secondary N) is 1. The first-order valence-corrected chi connectivity index (χ1v) is 6.88. The van der Waals surface area contributed by atoms with E-state index in [1.54, 1.807) is 0 Å². The van der Waals surface area contributed by atoms with Crippen molar-refractivity contribution in [3.8, 4) is 0 Å². The maximum Gasteiger partial charge on any atom is 0.0943 e. The molecule has 1 aromatic carbocycles. The molecule has 92 valence electrons. The molecule has 1 heterocycles. The SMILES string of the molecule is OC(c1ccc2c(c1)CCCC2)C1CCCN1. The topological polar surface area (TPSA) is 32.3 Å². The number of aliphatic hydroxyl groups is 1. The van der Waals surface area contributed by atoms with Gasteiger partial charge in [0.1, 0.15) is 0 Å². The fourth-order valence-corrected chi connectivity index (χ4v) is 3.15. The first-order valence-electron chi connectivity index (χ1n) is 6.88.